The van der Waals surface area contributed by atoms with Gasteiger partial charge in [-0.05, 0) is 19.4 Å². The first-order valence-corrected chi connectivity index (χ1v) is 4.89. The third kappa shape index (κ3) is 2.06. The molecule has 0 bridgehead atoms. The van der Waals surface area contributed by atoms with Crippen molar-refractivity contribution in [1.29, 1.82) is 0 Å². The predicted molar refractivity (Wildman–Crippen MR) is 48.2 cm³/mol. The molecule has 1 N–H and O–H groups in total. The third-order valence-corrected chi connectivity index (χ3v) is 2.40. The number of nitrogens with zero attached hydrogens (tertiary/aromatic N) is 2. The summed E-state index contributed by atoms with van der Waals surface area (Å²) in [6, 6.07) is 0.281. The summed E-state index contributed by atoms with van der Waals surface area (Å²) in [6.07, 6.45) is 4.92. The first-order chi connectivity index (χ1) is 6.36. The largest absolute Gasteiger partial charge is 0.424 e. The Morgan fingerprint density at radius 1 is 1.31 bits per heavy atom. The summed E-state index contributed by atoms with van der Waals surface area (Å²) < 4.78 is 5.39. The van der Waals surface area contributed by atoms with Gasteiger partial charge in [-0.15, -0.1) is 10.2 Å². The van der Waals surface area contributed by atoms with Gasteiger partial charge in [0.15, 0.2) is 0 Å². The van der Waals surface area contributed by atoms with E-state index in [0.29, 0.717) is 5.89 Å². The van der Waals surface area contributed by atoms with E-state index in [1.54, 1.807) is 0 Å². The Hall–Kier alpha value is -0.900. The Labute approximate surface area is 77.7 Å². The first-order valence-electron chi connectivity index (χ1n) is 4.89. The normalized spacial score (nSPS) is 24.2. The molecular weight excluding hydrogens is 166 g/mol. The Morgan fingerprint density at radius 2 is 2.23 bits per heavy atom. The molecule has 2 heterocycles. The van der Waals surface area contributed by atoms with Crippen LogP contribution in [0.25, 0.3) is 0 Å². The van der Waals surface area contributed by atoms with Crippen LogP contribution in [0.5, 0.6) is 0 Å². The van der Waals surface area contributed by atoms with Crippen LogP contribution in [0.4, 0.5) is 0 Å². The van der Waals surface area contributed by atoms with Gasteiger partial charge in [0.05, 0.1) is 6.04 Å². The molecule has 1 saturated heterocycles. The van der Waals surface area contributed by atoms with Crippen molar-refractivity contribution in [3.8, 4) is 0 Å². The summed E-state index contributed by atoms with van der Waals surface area (Å²) in [5.74, 6) is 1.40. The van der Waals surface area contributed by atoms with Crippen LogP contribution in [-0.4, -0.2) is 16.7 Å². The standard InChI is InChI=1S/C9H15N3O/c1-7-11-12-9(13-7)8-5-3-2-4-6-10-8/h8,10H,2-6H2,1H3. The van der Waals surface area contributed by atoms with Crippen molar-refractivity contribution in [2.24, 2.45) is 0 Å². The lowest BCUT2D eigenvalue weighted by Crippen LogP contribution is -2.20. The molecule has 1 fully saturated rings. The monoisotopic (exact) mass is 181 g/mol. The highest BCUT2D eigenvalue weighted by molar-refractivity contribution is 4.89. The average Bonchev–Trinajstić information content (AvgIpc) is 2.43. The van der Waals surface area contributed by atoms with Crippen LogP contribution in [0.1, 0.15) is 43.5 Å². The van der Waals surface area contributed by atoms with Crippen molar-refractivity contribution < 1.29 is 4.42 Å². The lowest BCUT2D eigenvalue weighted by Gasteiger charge is -2.09. The highest BCUT2D eigenvalue weighted by Crippen LogP contribution is 2.21. The molecule has 1 aliphatic heterocycles. The van der Waals surface area contributed by atoms with E-state index in [1.165, 1.54) is 19.3 Å². The third-order valence-electron chi connectivity index (χ3n) is 2.40. The molecule has 0 saturated carbocycles. The summed E-state index contributed by atoms with van der Waals surface area (Å²) in [5.41, 5.74) is 0. The number of aromatic nitrogens is 2. The van der Waals surface area contributed by atoms with E-state index < -0.39 is 0 Å². The Balaban J connectivity index is 2.06. The summed E-state index contributed by atoms with van der Waals surface area (Å²) in [4.78, 5) is 0. The van der Waals surface area contributed by atoms with Gasteiger partial charge in [-0.3, -0.25) is 0 Å². The molecule has 1 aromatic rings. The number of aryl methyl sites for hydroxylation is 1. The molecule has 0 aliphatic carbocycles. The molecule has 13 heavy (non-hydrogen) atoms. The van der Waals surface area contributed by atoms with Gasteiger partial charge in [-0.25, -0.2) is 0 Å². The van der Waals surface area contributed by atoms with Crippen molar-refractivity contribution in [2.45, 2.75) is 38.6 Å². The summed E-state index contributed by atoms with van der Waals surface area (Å²) in [6.45, 7) is 2.89. The van der Waals surface area contributed by atoms with Crippen molar-refractivity contribution in [1.82, 2.24) is 15.5 Å². The topological polar surface area (TPSA) is 51.0 Å². The molecule has 0 spiro atoms. The molecule has 2 rings (SSSR count). The molecule has 1 unspecified atom stereocenters. The lowest BCUT2D eigenvalue weighted by molar-refractivity contribution is 0.383. The average molecular weight is 181 g/mol. The zero-order valence-electron chi connectivity index (χ0n) is 7.92. The minimum atomic E-state index is 0.281. The first kappa shape index (κ1) is 8.69. The molecule has 1 aliphatic rings. The maximum absolute atomic E-state index is 5.39. The van der Waals surface area contributed by atoms with Crippen LogP contribution in [0.2, 0.25) is 0 Å². The quantitative estimate of drug-likeness (QED) is 0.714. The number of rotatable bonds is 1. The summed E-state index contributed by atoms with van der Waals surface area (Å²) in [5, 5.41) is 11.3. The highest BCUT2D eigenvalue weighted by Gasteiger charge is 2.18. The number of nitrogens with one attached hydrogen (secondary N) is 1. The molecule has 0 amide bonds. The fourth-order valence-electron chi connectivity index (χ4n) is 1.69. The van der Waals surface area contributed by atoms with Gasteiger partial charge in [0.1, 0.15) is 0 Å². The Morgan fingerprint density at radius 3 is 3.00 bits per heavy atom. The van der Waals surface area contributed by atoms with E-state index in [-0.39, 0.29) is 6.04 Å². The highest BCUT2D eigenvalue weighted by atomic mass is 16.4. The molecule has 1 atom stereocenters. The second-order valence-corrected chi connectivity index (χ2v) is 3.52. The second-order valence-electron chi connectivity index (χ2n) is 3.52. The minimum Gasteiger partial charge on any atom is -0.424 e. The summed E-state index contributed by atoms with van der Waals surface area (Å²) >= 11 is 0. The Bertz CT molecular complexity index is 264. The SMILES string of the molecule is Cc1nnc(C2CCCCCN2)o1. The molecule has 0 aromatic carbocycles. The second kappa shape index (κ2) is 3.87. The van der Waals surface area contributed by atoms with E-state index in [9.17, 15) is 0 Å². The van der Waals surface area contributed by atoms with Crippen LogP contribution in [0.15, 0.2) is 4.42 Å². The van der Waals surface area contributed by atoms with Crippen molar-refractivity contribution in [3.05, 3.63) is 11.8 Å². The lowest BCUT2D eigenvalue weighted by atomic mass is 10.1. The van der Waals surface area contributed by atoms with Crippen molar-refractivity contribution >= 4 is 0 Å². The fraction of sp³-hybridized carbons (Fsp3) is 0.778. The van der Waals surface area contributed by atoms with Crippen LogP contribution in [-0.2, 0) is 0 Å². The molecule has 4 heteroatoms. The molecule has 72 valence electrons. The summed E-state index contributed by atoms with van der Waals surface area (Å²) in [7, 11) is 0. The maximum Gasteiger partial charge on any atom is 0.233 e. The molecular formula is C9H15N3O. The van der Waals surface area contributed by atoms with Crippen molar-refractivity contribution in [3.63, 3.8) is 0 Å². The van der Waals surface area contributed by atoms with E-state index in [1.807, 2.05) is 6.92 Å². The van der Waals surface area contributed by atoms with Crippen LogP contribution >= 0.6 is 0 Å². The minimum absolute atomic E-state index is 0.281. The van der Waals surface area contributed by atoms with Gasteiger partial charge < -0.3 is 9.73 Å². The van der Waals surface area contributed by atoms with Crippen LogP contribution < -0.4 is 5.32 Å². The van der Waals surface area contributed by atoms with Gasteiger partial charge in [-0.2, -0.15) is 0 Å². The van der Waals surface area contributed by atoms with Gasteiger partial charge >= 0.3 is 0 Å². The predicted octanol–water partition coefficient (Wildman–Crippen LogP) is 1.58. The van der Waals surface area contributed by atoms with Gasteiger partial charge in [-0.1, -0.05) is 12.8 Å². The zero-order chi connectivity index (χ0) is 9.10. The molecule has 1 aromatic heterocycles. The van der Waals surface area contributed by atoms with E-state index in [2.05, 4.69) is 15.5 Å². The molecule has 0 radical (unpaired) electrons. The van der Waals surface area contributed by atoms with Gasteiger partial charge in [0, 0.05) is 6.92 Å². The van der Waals surface area contributed by atoms with E-state index in [0.717, 1.165) is 18.9 Å². The fourth-order valence-corrected chi connectivity index (χ4v) is 1.69. The number of hydrogen-bond acceptors (Lipinski definition) is 4. The van der Waals surface area contributed by atoms with E-state index >= 15 is 0 Å². The van der Waals surface area contributed by atoms with Crippen LogP contribution in [0.3, 0.4) is 0 Å². The van der Waals surface area contributed by atoms with Gasteiger partial charge in [0.2, 0.25) is 11.8 Å². The molecule has 4 nitrogen and oxygen atoms in total. The zero-order valence-corrected chi connectivity index (χ0v) is 7.92. The van der Waals surface area contributed by atoms with Gasteiger partial charge in [0.25, 0.3) is 0 Å². The van der Waals surface area contributed by atoms with Crippen LogP contribution in [0, 0.1) is 6.92 Å². The van der Waals surface area contributed by atoms with Crippen molar-refractivity contribution in [2.75, 3.05) is 6.54 Å². The Kier molecular flexibility index (Phi) is 2.59. The number of hydrogen-bond donors (Lipinski definition) is 1. The maximum atomic E-state index is 5.39. The van der Waals surface area contributed by atoms with E-state index in [4.69, 9.17) is 4.42 Å². The smallest absolute Gasteiger partial charge is 0.233 e.